The van der Waals surface area contributed by atoms with Gasteiger partial charge in [0.2, 0.25) is 0 Å². The number of hydrogen-bond donors (Lipinski definition) is 1. The molecule has 0 amide bonds. The van der Waals surface area contributed by atoms with Gasteiger partial charge >= 0.3 is 5.97 Å². The molecule has 1 N–H and O–H groups in total. The highest BCUT2D eigenvalue weighted by atomic mass is 32.2. The Morgan fingerprint density at radius 1 is 1.26 bits per heavy atom. The number of non-ortho nitro benzene ring substituents is 1. The molecule has 1 unspecified atom stereocenters. The van der Waals surface area contributed by atoms with Crippen LogP contribution >= 0.6 is 12.2 Å². The molecule has 2 rings (SSSR count). The number of sulfone groups is 1. The molecule has 0 aliphatic heterocycles. The fourth-order valence-electron chi connectivity index (χ4n) is 4.11. The van der Waals surface area contributed by atoms with Crippen LogP contribution in [0.3, 0.4) is 0 Å². The van der Waals surface area contributed by atoms with E-state index in [4.69, 9.17) is 17.0 Å². The molecule has 0 heterocycles. The standard InChI is InChI=1S/C21H30N2O6S2/c1-29-19(24)18(15-16-7-9-17(10-8-16)23(25)26)22-20(30)21(11-3-4-12-21)13-5-6-14-31(2,27)28/h7-10,18H,3-6,11-15H2,1-2H3,(H,22,30). The van der Waals surface area contributed by atoms with Crippen LogP contribution in [-0.4, -0.2) is 49.5 Å². The number of ether oxygens (including phenoxy) is 1. The summed E-state index contributed by atoms with van der Waals surface area (Å²) < 4.78 is 27.7. The van der Waals surface area contributed by atoms with Gasteiger partial charge in [-0.25, -0.2) is 13.2 Å². The van der Waals surface area contributed by atoms with Crippen LogP contribution in [0, 0.1) is 15.5 Å². The van der Waals surface area contributed by atoms with Gasteiger partial charge in [-0.3, -0.25) is 10.1 Å². The monoisotopic (exact) mass is 470 g/mol. The van der Waals surface area contributed by atoms with Crippen molar-refractivity contribution < 1.29 is 22.9 Å². The highest BCUT2D eigenvalue weighted by molar-refractivity contribution is 7.90. The molecule has 172 valence electrons. The summed E-state index contributed by atoms with van der Waals surface area (Å²) in [6.07, 6.45) is 7.54. The summed E-state index contributed by atoms with van der Waals surface area (Å²) in [5, 5.41) is 14.0. The van der Waals surface area contributed by atoms with Gasteiger partial charge in [0.05, 0.1) is 17.0 Å². The van der Waals surface area contributed by atoms with E-state index in [1.807, 2.05) is 0 Å². The fourth-order valence-corrected chi connectivity index (χ4v) is 5.28. The number of nitro groups is 1. The Labute approximate surface area is 188 Å². The highest BCUT2D eigenvalue weighted by Gasteiger charge is 2.39. The predicted molar refractivity (Wildman–Crippen MR) is 123 cm³/mol. The molecule has 1 aliphatic carbocycles. The van der Waals surface area contributed by atoms with Crippen LogP contribution in [0.15, 0.2) is 24.3 Å². The van der Waals surface area contributed by atoms with Crippen LogP contribution < -0.4 is 5.32 Å². The van der Waals surface area contributed by atoms with Gasteiger partial charge in [-0.15, -0.1) is 0 Å². The van der Waals surface area contributed by atoms with E-state index < -0.39 is 26.8 Å². The zero-order valence-electron chi connectivity index (χ0n) is 18.0. The van der Waals surface area contributed by atoms with E-state index >= 15 is 0 Å². The first-order chi connectivity index (χ1) is 14.6. The van der Waals surface area contributed by atoms with Crippen molar-refractivity contribution in [2.24, 2.45) is 5.41 Å². The zero-order valence-corrected chi connectivity index (χ0v) is 19.6. The molecule has 8 nitrogen and oxygen atoms in total. The number of hydrogen-bond acceptors (Lipinski definition) is 7. The molecule has 1 aliphatic rings. The Hall–Kier alpha value is -2.07. The average molecular weight is 471 g/mol. The Morgan fingerprint density at radius 3 is 2.39 bits per heavy atom. The molecule has 31 heavy (non-hydrogen) atoms. The number of methoxy groups -OCH3 is 1. The summed E-state index contributed by atoms with van der Waals surface area (Å²) in [5.41, 5.74) is 0.500. The number of rotatable bonds is 11. The maximum Gasteiger partial charge on any atom is 0.328 e. The lowest BCUT2D eigenvalue weighted by Gasteiger charge is -2.32. The van der Waals surface area contributed by atoms with Gasteiger partial charge in [0.1, 0.15) is 15.9 Å². The minimum absolute atomic E-state index is 0.0131. The first-order valence-corrected chi connectivity index (χ1v) is 12.8. The van der Waals surface area contributed by atoms with Crippen molar-refractivity contribution in [2.45, 2.75) is 57.4 Å². The highest BCUT2D eigenvalue weighted by Crippen LogP contribution is 2.43. The second kappa shape index (κ2) is 11.0. The van der Waals surface area contributed by atoms with E-state index in [9.17, 15) is 23.3 Å². The number of carbonyl (C=O) groups excluding carboxylic acids is 1. The van der Waals surface area contributed by atoms with Gasteiger partial charge in [0, 0.05) is 36.0 Å². The van der Waals surface area contributed by atoms with Gasteiger partial charge in [0.25, 0.3) is 5.69 Å². The predicted octanol–water partition coefficient (Wildman–Crippen LogP) is 3.37. The van der Waals surface area contributed by atoms with E-state index in [1.165, 1.54) is 25.5 Å². The second-order valence-corrected chi connectivity index (χ2v) is 10.9. The molecule has 1 saturated carbocycles. The molecule has 1 aromatic carbocycles. The molecule has 0 bridgehead atoms. The minimum Gasteiger partial charge on any atom is -0.467 e. The molecule has 10 heteroatoms. The summed E-state index contributed by atoms with van der Waals surface area (Å²) in [6.45, 7) is 0. The van der Waals surface area contributed by atoms with Gasteiger partial charge in [0.15, 0.2) is 0 Å². The van der Waals surface area contributed by atoms with Crippen molar-refractivity contribution in [2.75, 3.05) is 19.1 Å². The number of carbonyl (C=O) groups is 1. The molecule has 1 aromatic rings. The topological polar surface area (TPSA) is 116 Å². The van der Waals surface area contributed by atoms with Crippen LogP contribution in [-0.2, 0) is 25.8 Å². The molecule has 0 radical (unpaired) electrons. The number of nitrogens with zero attached hydrogens (tertiary/aromatic N) is 1. The van der Waals surface area contributed by atoms with E-state index in [-0.39, 0.29) is 23.3 Å². The number of nitro benzene ring substituents is 1. The summed E-state index contributed by atoms with van der Waals surface area (Å²) in [4.78, 5) is 23.4. The number of unbranched alkanes of at least 4 members (excludes halogenated alkanes) is 1. The average Bonchev–Trinajstić information content (AvgIpc) is 3.20. The Kier molecular flexibility index (Phi) is 8.93. The number of esters is 1. The molecule has 0 spiro atoms. The minimum atomic E-state index is -2.99. The molecule has 1 atom stereocenters. The van der Waals surface area contributed by atoms with E-state index in [0.717, 1.165) is 44.1 Å². The van der Waals surface area contributed by atoms with Gasteiger partial charge < -0.3 is 10.1 Å². The van der Waals surface area contributed by atoms with Crippen molar-refractivity contribution >= 4 is 38.7 Å². The Bertz CT molecular complexity index is 893. The van der Waals surface area contributed by atoms with Crippen LogP contribution in [0.25, 0.3) is 0 Å². The largest absolute Gasteiger partial charge is 0.467 e. The summed E-state index contributed by atoms with van der Waals surface area (Å²) >= 11 is 5.74. The van der Waals surface area contributed by atoms with Crippen molar-refractivity contribution in [1.82, 2.24) is 5.32 Å². The van der Waals surface area contributed by atoms with Crippen LogP contribution in [0.1, 0.15) is 50.5 Å². The van der Waals surface area contributed by atoms with E-state index in [1.54, 1.807) is 12.1 Å². The Balaban J connectivity index is 2.07. The number of benzene rings is 1. The third kappa shape index (κ3) is 7.53. The SMILES string of the molecule is COC(=O)C(Cc1ccc([N+](=O)[O-])cc1)NC(=S)C1(CCCCS(C)(=O)=O)CCCC1. The third-order valence-electron chi connectivity index (χ3n) is 5.84. The summed E-state index contributed by atoms with van der Waals surface area (Å²) in [6, 6.07) is 5.35. The van der Waals surface area contributed by atoms with Crippen molar-refractivity contribution in [1.29, 1.82) is 0 Å². The summed E-state index contributed by atoms with van der Waals surface area (Å²) in [7, 11) is -1.68. The molecular formula is C21H30N2O6S2. The smallest absolute Gasteiger partial charge is 0.328 e. The first kappa shape index (κ1) is 25.2. The van der Waals surface area contributed by atoms with Crippen LogP contribution in [0.4, 0.5) is 5.69 Å². The number of nitrogens with one attached hydrogen (secondary N) is 1. The van der Waals surface area contributed by atoms with Crippen LogP contribution in [0.5, 0.6) is 0 Å². The van der Waals surface area contributed by atoms with Crippen LogP contribution in [0.2, 0.25) is 0 Å². The summed E-state index contributed by atoms with van der Waals surface area (Å²) in [5.74, 6) is -0.292. The lowest BCUT2D eigenvalue weighted by Crippen LogP contribution is -2.48. The maximum absolute atomic E-state index is 12.4. The Morgan fingerprint density at radius 2 is 1.87 bits per heavy atom. The van der Waals surface area contributed by atoms with Gasteiger partial charge in [-0.05, 0) is 31.2 Å². The fraction of sp³-hybridized carbons (Fsp3) is 0.619. The maximum atomic E-state index is 12.4. The lowest BCUT2D eigenvalue weighted by atomic mass is 9.80. The van der Waals surface area contributed by atoms with E-state index in [2.05, 4.69) is 5.32 Å². The van der Waals surface area contributed by atoms with Gasteiger partial charge in [-0.1, -0.05) is 43.6 Å². The van der Waals surface area contributed by atoms with E-state index in [0.29, 0.717) is 11.4 Å². The molecular weight excluding hydrogens is 440 g/mol. The van der Waals surface area contributed by atoms with Crippen molar-refractivity contribution in [3.8, 4) is 0 Å². The van der Waals surface area contributed by atoms with Crippen molar-refractivity contribution in [3.05, 3.63) is 39.9 Å². The third-order valence-corrected chi connectivity index (χ3v) is 7.42. The molecule has 1 fully saturated rings. The second-order valence-electron chi connectivity index (χ2n) is 8.25. The van der Waals surface area contributed by atoms with Crippen molar-refractivity contribution in [3.63, 3.8) is 0 Å². The first-order valence-electron chi connectivity index (χ1n) is 10.4. The quantitative estimate of drug-likeness (QED) is 0.172. The lowest BCUT2D eigenvalue weighted by molar-refractivity contribution is -0.384. The molecule has 0 aromatic heterocycles. The number of thiocarbonyl (C=S) groups is 1. The normalized spacial score (nSPS) is 16.5. The zero-order chi connectivity index (χ0) is 23.1. The van der Waals surface area contributed by atoms with Gasteiger partial charge in [-0.2, -0.15) is 0 Å². The molecule has 0 saturated heterocycles.